The van der Waals surface area contributed by atoms with Gasteiger partial charge >= 0.3 is 0 Å². The molecule has 0 spiro atoms. The average Bonchev–Trinajstić information content (AvgIpc) is 4.01. The van der Waals surface area contributed by atoms with Crippen LogP contribution in [0, 0.1) is 0 Å². The van der Waals surface area contributed by atoms with E-state index in [0.29, 0.717) is 18.5 Å². The molecule has 0 radical (unpaired) electrons. The predicted octanol–water partition coefficient (Wildman–Crippen LogP) is 9.43. The van der Waals surface area contributed by atoms with E-state index in [1.807, 2.05) is 28.6 Å². The van der Waals surface area contributed by atoms with E-state index in [9.17, 15) is 5.11 Å². The molecule has 6 aromatic heterocycles. The zero-order chi connectivity index (χ0) is 36.6. The summed E-state index contributed by atoms with van der Waals surface area (Å²) in [5, 5.41) is 23.2. The van der Waals surface area contributed by atoms with Gasteiger partial charge in [-0.3, -0.25) is 4.90 Å². The average molecular weight is 788 g/mol. The number of aromatic nitrogens is 4. The lowest BCUT2D eigenvalue weighted by Crippen LogP contribution is -2.34. The van der Waals surface area contributed by atoms with E-state index in [4.69, 9.17) is 9.97 Å². The van der Waals surface area contributed by atoms with Crippen LogP contribution in [0.1, 0.15) is 42.9 Å². The maximum absolute atomic E-state index is 9.74. The van der Waals surface area contributed by atoms with Gasteiger partial charge in [-0.25, -0.2) is 15.0 Å². The number of hydrogen-bond donors (Lipinski definition) is 4. The van der Waals surface area contributed by atoms with Gasteiger partial charge in [0.05, 0.1) is 50.1 Å². The Hall–Kier alpha value is -4.34. The molecular weight excluding hydrogens is 749 g/mol. The molecule has 2 aromatic carbocycles. The third-order valence-electron chi connectivity index (χ3n) is 11.1. The molecule has 1 saturated heterocycles. The van der Waals surface area contributed by atoms with E-state index < -0.39 is 0 Å². The van der Waals surface area contributed by atoms with Crippen molar-refractivity contribution in [3.63, 3.8) is 0 Å². The van der Waals surface area contributed by atoms with Crippen molar-refractivity contribution < 1.29 is 9.67 Å². The van der Waals surface area contributed by atoms with E-state index >= 15 is 0 Å². The second kappa shape index (κ2) is 13.4. The Bertz CT molecular complexity index is 2740. The number of anilines is 4. The third kappa shape index (κ3) is 5.90. The van der Waals surface area contributed by atoms with Crippen LogP contribution in [0.25, 0.3) is 52.1 Å². The molecule has 0 bridgehead atoms. The Balaban J connectivity index is 1.08. The van der Waals surface area contributed by atoms with Gasteiger partial charge in [-0.05, 0) is 81.8 Å². The van der Waals surface area contributed by atoms with Crippen LogP contribution in [0.3, 0.4) is 0 Å². The van der Waals surface area contributed by atoms with Crippen molar-refractivity contribution >= 4 is 115 Å². The minimum Gasteiger partial charge on any atom is -0.395 e. The van der Waals surface area contributed by atoms with Crippen LogP contribution >= 0.6 is 45.3 Å². The van der Waals surface area contributed by atoms with E-state index in [1.54, 1.807) is 34.0 Å². The summed E-state index contributed by atoms with van der Waals surface area (Å²) in [4.78, 5) is 21.4. The molecule has 0 amide bonds. The molecule has 10 rings (SSSR count). The summed E-state index contributed by atoms with van der Waals surface area (Å²) >= 11 is 6.95. The van der Waals surface area contributed by atoms with Crippen molar-refractivity contribution in [1.29, 1.82) is 0 Å². The second-order valence-electron chi connectivity index (χ2n) is 14.7. The number of hydrogen-bond acceptors (Lipinski definition) is 12. The van der Waals surface area contributed by atoms with Crippen molar-refractivity contribution in [3.8, 4) is 5.69 Å². The van der Waals surface area contributed by atoms with Crippen molar-refractivity contribution in [2.75, 3.05) is 36.9 Å². The minimum atomic E-state index is -0.0717. The molecule has 2 aliphatic rings. The van der Waals surface area contributed by atoms with Gasteiger partial charge in [0.25, 0.3) is 4.83 Å². The highest BCUT2D eigenvalue weighted by atomic mass is 32.1. The topological polar surface area (TPSA) is 102 Å². The summed E-state index contributed by atoms with van der Waals surface area (Å²) in [6, 6.07) is 20.1. The van der Waals surface area contributed by atoms with Gasteiger partial charge in [-0.1, -0.05) is 17.4 Å². The molecule has 2 unspecified atom stereocenters. The number of benzene rings is 2. The number of nitrogens with zero attached hydrogens (tertiary/aromatic N) is 5. The maximum Gasteiger partial charge on any atom is 0.277 e. The molecular formula is C41H39N8OS4+. The van der Waals surface area contributed by atoms with Crippen LogP contribution in [-0.2, 0) is 0 Å². The number of rotatable bonds is 9. The van der Waals surface area contributed by atoms with Gasteiger partial charge in [-0.15, -0.1) is 38.6 Å². The summed E-state index contributed by atoms with van der Waals surface area (Å²) in [5.41, 5.74) is 12.2. The highest BCUT2D eigenvalue weighted by molar-refractivity contribution is 7.20. The fourth-order valence-electron chi connectivity index (χ4n) is 8.19. The number of likely N-dealkylation sites (tertiary alicyclic amines) is 1. The molecule has 8 aromatic rings. The highest BCUT2D eigenvalue weighted by Crippen LogP contribution is 2.43. The molecule has 8 heterocycles. The minimum absolute atomic E-state index is 0.0717. The van der Waals surface area contributed by atoms with Crippen LogP contribution in [0.2, 0.25) is 0 Å². The summed E-state index contributed by atoms with van der Waals surface area (Å²) in [6.45, 7) is 9.55. The van der Waals surface area contributed by atoms with E-state index in [0.717, 1.165) is 73.9 Å². The van der Waals surface area contributed by atoms with E-state index in [-0.39, 0.29) is 12.1 Å². The first kappa shape index (κ1) is 34.2. The van der Waals surface area contributed by atoms with Crippen LogP contribution < -0.4 is 20.5 Å². The third-order valence-corrected chi connectivity index (χ3v) is 15.1. The summed E-state index contributed by atoms with van der Waals surface area (Å²) < 4.78 is 4.67. The normalized spacial score (nSPS) is 18.8. The first-order valence-corrected chi connectivity index (χ1v) is 21.6. The number of aliphatic hydroxyl groups excluding tert-OH is 1. The number of pyridine rings is 2. The lowest BCUT2D eigenvalue weighted by molar-refractivity contribution is -0.562. The van der Waals surface area contributed by atoms with Gasteiger partial charge in [0, 0.05) is 75.4 Å². The Morgan fingerprint density at radius 1 is 0.926 bits per heavy atom. The molecule has 272 valence electrons. The largest absolute Gasteiger partial charge is 0.395 e. The van der Waals surface area contributed by atoms with Crippen molar-refractivity contribution in [1.82, 2.24) is 25.2 Å². The molecule has 4 N–H and O–H groups in total. The maximum atomic E-state index is 9.74. The standard InChI is InChI=1S/C41H38N8OS4/c1-23-26(8-12-48(23)14-15-50)36-20-28-31(46-24-4-5-35-32(16-24)43-21-51-35)9-13-49(40(28)54-36)34-18-25(17-33-38(34)52-22-44-33)47-30-7-10-42-39-27(30)19-37(53-39)29-6-11-45-41(29,2)3/h4-7,9-10,13,16-23,26,45,50H,8,11-12,14-15H2,1-3H3,(H,42,47)/p+1. The lowest BCUT2D eigenvalue weighted by atomic mass is 9.95. The fourth-order valence-corrected chi connectivity index (χ4v) is 12.3. The number of fused-ring (bicyclic) bond motifs is 4. The van der Waals surface area contributed by atoms with Crippen molar-refractivity contribution in [3.05, 3.63) is 93.8 Å². The van der Waals surface area contributed by atoms with Gasteiger partial charge < -0.3 is 21.1 Å². The predicted molar refractivity (Wildman–Crippen MR) is 228 cm³/mol. The monoisotopic (exact) mass is 787 g/mol. The first-order valence-electron chi connectivity index (χ1n) is 18.3. The van der Waals surface area contributed by atoms with Gasteiger partial charge in [0.2, 0.25) is 5.69 Å². The van der Waals surface area contributed by atoms with E-state index in [2.05, 4.69) is 118 Å². The van der Waals surface area contributed by atoms with Crippen LogP contribution in [0.4, 0.5) is 22.7 Å². The fraction of sp³-hybridized carbons (Fsp3) is 0.268. The summed E-state index contributed by atoms with van der Waals surface area (Å²) in [7, 11) is 0. The number of nitrogens with one attached hydrogen (secondary N) is 3. The first-order chi connectivity index (χ1) is 26.3. The van der Waals surface area contributed by atoms with Gasteiger partial charge in [0.1, 0.15) is 9.53 Å². The van der Waals surface area contributed by atoms with Gasteiger partial charge in [0.15, 0.2) is 6.20 Å². The molecule has 0 saturated carbocycles. The quantitative estimate of drug-likeness (QED) is 0.107. The van der Waals surface area contributed by atoms with Crippen LogP contribution in [-0.4, -0.2) is 62.8 Å². The zero-order valence-electron chi connectivity index (χ0n) is 30.1. The number of thiazole rings is 2. The van der Waals surface area contributed by atoms with Gasteiger partial charge in [-0.2, -0.15) is 0 Å². The molecule has 54 heavy (non-hydrogen) atoms. The molecule has 0 aliphatic carbocycles. The van der Waals surface area contributed by atoms with E-state index in [1.165, 1.54) is 30.2 Å². The lowest BCUT2D eigenvalue weighted by Gasteiger charge is -2.22. The Morgan fingerprint density at radius 3 is 2.63 bits per heavy atom. The van der Waals surface area contributed by atoms with Crippen molar-refractivity contribution in [2.24, 2.45) is 0 Å². The molecule has 2 atom stereocenters. The molecule has 2 aliphatic heterocycles. The smallest absolute Gasteiger partial charge is 0.277 e. The van der Waals surface area contributed by atoms with Crippen LogP contribution in [0.15, 0.2) is 84.1 Å². The van der Waals surface area contributed by atoms with Crippen LogP contribution in [0.5, 0.6) is 0 Å². The number of β-amino-alcohol motifs (C(OH)–C–C–N with tert-alkyl or cyclic N) is 1. The Labute approximate surface area is 328 Å². The highest BCUT2D eigenvalue weighted by Gasteiger charge is 2.34. The second-order valence-corrected chi connectivity index (χ2v) is 18.5. The number of aliphatic hydroxyl groups is 1. The number of thiophene rings is 2. The molecule has 13 heteroatoms. The summed E-state index contributed by atoms with van der Waals surface area (Å²) in [5.74, 6) is 0.393. The molecule has 1 fully saturated rings. The zero-order valence-corrected chi connectivity index (χ0v) is 33.4. The Kier molecular flexibility index (Phi) is 8.51. The SMILES string of the molecule is CC1C(c2cc3c(Nc4ccc5scnc5c4)cc[n+](-c4cc(Nc5ccnc6sc(C7=CCNC7(C)C)cc56)cc5ncsc45)c3s2)CCN1CCO. The molecule has 9 nitrogen and oxygen atoms in total. The Morgan fingerprint density at radius 2 is 1.76 bits per heavy atom. The summed E-state index contributed by atoms with van der Waals surface area (Å²) in [6.07, 6.45) is 7.47. The van der Waals surface area contributed by atoms with Crippen molar-refractivity contribution in [2.45, 2.75) is 44.7 Å².